The lowest BCUT2D eigenvalue weighted by Gasteiger charge is -2.28. The van der Waals surface area contributed by atoms with E-state index >= 15 is 0 Å². The summed E-state index contributed by atoms with van der Waals surface area (Å²) in [6.07, 6.45) is -6.45. The molecule has 0 aliphatic heterocycles. The van der Waals surface area contributed by atoms with E-state index in [9.17, 15) is 28.3 Å². The minimum atomic E-state index is -5.14. The van der Waals surface area contributed by atoms with Crippen LogP contribution >= 0.6 is 22.7 Å². The van der Waals surface area contributed by atoms with Crippen molar-refractivity contribution in [1.29, 1.82) is 5.26 Å². The number of thiazole rings is 2. The average molecular weight is 451 g/mol. The molecule has 156 valence electrons. The highest BCUT2D eigenvalue weighted by molar-refractivity contribution is 7.10. The van der Waals surface area contributed by atoms with Gasteiger partial charge < -0.3 is 5.11 Å². The van der Waals surface area contributed by atoms with Crippen molar-refractivity contribution in [1.82, 2.24) is 9.97 Å². The first-order valence-electron chi connectivity index (χ1n) is 8.71. The molecule has 0 amide bonds. The number of hydrogen-bond acceptors (Lipinski definition) is 7. The van der Waals surface area contributed by atoms with Crippen LogP contribution in [0.15, 0.2) is 35.0 Å². The molecule has 0 aliphatic carbocycles. The monoisotopic (exact) mass is 451 g/mol. The number of aryl methyl sites for hydroxylation is 2. The summed E-state index contributed by atoms with van der Waals surface area (Å²) in [4.78, 5) is 20.7. The SMILES string of the molecule is Cc1ccc(-c2csc(C(C#N)C(=O)CC(O)(c3nc(C)cs3)C(F)(F)F)n2)cc1. The molecule has 30 heavy (non-hydrogen) atoms. The number of halogens is 3. The van der Waals surface area contributed by atoms with Gasteiger partial charge in [0.25, 0.3) is 0 Å². The molecule has 1 N–H and O–H groups in total. The highest BCUT2D eigenvalue weighted by Gasteiger charge is 2.58. The Morgan fingerprint density at radius 1 is 1.17 bits per heavy atom. The minimum Gasteiger partial charge on any atom is -0.374 e. The number of aromatic nitrogens is 2. The highest BCUT2D eigenvalue weighted by Crippen LogP contribution is 2.44. The summed E-state index contributed by atoms with van der Waals surface area (Å²) < 4.78 is 41.0. The van der Waals surface area contributed by atoms with Gasteiger partial charge in [0.2, 0.25) is 5.60 Å². The van der Waals surface area contributed by atoms with Crippen LogP contribution in [0.25, 0.3) is 11.3 Å². The maximum atomic E-state index is 13.7. The van der Waals surface area contributed by atoms with E-state index in [1.807, 2.05) is 31.2 Å². The Hall–Kier alpha value is -2.61. The van der Waals surface area contributed by atoms with Gasteiger partial charge in [0.05, 0.1) is 18.2 Å². The number of carbonyl (C=O) groups is 1. The Kier molecular flexibility index (Phi) is 6.08. The summed E-state index contributed by atoms with van der Waals surface area (Å²) in [6.45, 7) is 3.41. The van der Waals surface area contributed by atoms with Gasteiger partial charge in [0, 0.05) is 22.0 Å². The van der Waals surface area contributed by atoms with Gasteiger partial charge in [-0.3, -0.25) is 4.79 Å². The first-order valence-corrected chi connectivity index (χ1v) is 10.5. The fourth-order valence-electron chi connectivity index (χ4n) is 2.74. The molecule has 0 bridgehead atoms. The zero-order valence-corrected chi connectivity index (χ0v) is 17.5. The Morgan fingerprint density at radius 2 is 1.83 bits per heavy atom. The Morgan fingerprint density at radius 3 is 2.37 bits per heavy atom. The van der Waals surface area contributed by atoms with Gasteiger partial charge in [0.1, 0.15) is 10.0 Å². The van der Waals surface area contributed by atoms with Gasteiger partial charge in [-0.2, -0.15) is 18.4 Å². The smallest absolute Gasteiger partial charge is 0.374 e. The lowest BCUT2D eigenvalue weighted by atomic mass is 9.91. The molecular weight excluding hydrogens is 435 g/mol. The van der Waals surface area contributed by atoms with Crippen LogP contribution in [0.4, 0.5) is 13.2 Å². The lowest BCUT2D eigenvalue weighted by Crippen LogP contribution is -2.44. The Balaban J connectivity index is 1.89. The van der Waals surface area contributed by atoms with E-state index < -0.39 is 34.9 Å². The fourth-order valence-corrected chi connectivity index (χ4v) is 4.54. The summed E-state index contributed by atoms with van der Waals surface area (Å²) in [5.74, 6) is -2.60. The second kappa shape index (κ2) is 8.26. The van der Waals surface area contributed by atoms with Crippen molar-refractivity contribution in [2.75, 3.05) is 0 Å². The molecule has 1 aromatic carbocycles. The molecule has 0 saturated carbocycles. The van der Waals surface area contributed by atoms with Crippen LogP contribution < -0.4 is 0 Å². The van der Waals surface area contributed by atoms with Crippen molar-refractivity contribution >= 4 is 28.5 Å². The molecule has 2 aromatic heterocycles. The molecule has 10 heteroatoms. The third-order valence-electron chi connectivity index (χ3n) is 4.44. The summed E-state index contributed by atoms with van der Waals surface area (Å²) >= 11 is 1.63. The number of nitrogens with zero attached hydrogens (tertiary/aromatic N) is 3. The van der Waals surface area contributed by atoms with Gasteiger partial charge >= 0.3 is 6.18 Å². The summed E-state index contributed by atoms with van der Waals surface area (Å²) in [5.41, 5.74) is -0.843. The lowest BCUT2D eigenvalue weighted by molar-refractivity contribution is -0.267. The zero-order chi connectivity index (χ0) is 22.1. The minimum absolute atomic E-state index is 0.0814. The molecule has 0 radical (unpaired) electrons. The zero-order valence-electron chi connectivity index (χ0n) is 15.9. The average Bonchev–Trinajstić information content (AvgIpc) is 3.32. The maximum Gasteiger partial charge on any atom is 0.424 e. The topological polar surface area (TPSA) is 86.9 Å². The van der Waals surface area contributed by atoms with E-state index in [0.717, 1.165) is 22.5 Å². The normalized spacial score (nSPS) is 14.7. The van der Waals surface area contributed by atoms with Crippen LogP contribution in [-0.2, 0) is 10.4 Å². The molecule has 5 nitrogen and oxygen atoms in total. The Labute approximate surface area is 178 Å². The van der Waals surface area contributed by atoms with Crippen LogP contribution in [-0.4, -0.2) is 27.0 Å². The second-order valence-corrected chi connectivity index (χ2v) is 8.54. The number of rotatable bonds is 6. The molecule has 2 unspecified atom stereocenters. The molecule has 0 aliphatic rings. The van der Waals surface area contributed by atoms with E-state index in [4.69, 9.17) is 0 Å². The van der Waals surface area contributed by atoms with Crippen LogP contribution in [0.2, 0.25) is 0 Å². The number of alkyl halides is 3. The van der Waals surface area contributed by atoms with Gasteiger partial charge in [0.15, 0.2) is 11.7 Å². The highest BCUT2D eigenvalue weighted by atomic mass is 32.1. The van der Waals surface area contributed by atoms with Crippen molar-refractivity contribution in [2.45, 2.75) is 38.0 Å². The predicted molar refractivity (Wildman–Crippen MR) is 107 cm³/mol. The number of hydrogen-bond donors (Lipinski definition) is 1. The number of aliphatic hydroxyl groups is 1. The summed E-state index contributed by atoms with van der Waals surface area (Å²) in [6, 6.07) is 9.13. The van der Waals surface area contributed by atoms with Gasteiger partial charge in [-0.15, -0.1) is 22.7 Å². The standard InChI is InChI=1S/C20H16F3N3O2S2/c1-11-3-5-13(6-4-11)15-10-29-17(26-15)14(8-24)16(27)7-19(28,20(21,22)23)18-25-12(2)9-30-18/h3-6,9-10,14,28H,7H2,1-2H3. The second-order valence-electron chi connectivity index (χ2n) is 6.79. The fraction of sp³-hybridized carbons (Fsp3) is 0.300. The van der Waals surface area contributed by atoms with Crippen LogP contribution in [0.3, 0.4) is 0 Å². The molecule has 0 fully saturated rings. The largest absolute Gasteiger partial charge is 0.424 e. The van der Waals surface area contributed by atoms with E-state index in [-0.39, 0.29) is 5.01 Å². The number of ketones is 1. The van der Waals surface area contributed by atoms with Gasteiger partial charge in [-0.05, 0) is 13.8 Å². The van der Waals surface area contributed by atoms with E-state index in [2.05, 4.69) is 9.97 Å². The Bertz CT molecular complexity index is 1100. The molecule has 0 saturated heterocycles. The number of benzene rings is 1. The third-order valence-corrected chi connectivity index (χ3v) is 6.46. The maximum absolute atomic E-state index is 13.7. The number of Topliss-reactive ketones (excluding diaryl/α,β-unsaturated/α-hetero) is 1. The molecule has 3 rings (SSSR count). The van der Waals surface area contributed by atoms with E-state index in [0.29, 0.717) is 22.7 Å². The van der Waals surface area contributed by atoms with Crippen LogP contribution in [0, 0.1) is 25.2 Å². The first-order chi connectivity index (χ1) is 14.0. The first kappa shape index (κ1) is 22.1. The van der Waals surface area contributed by atoms with Gasteiger partial charge in [-0.25, -0.2) is 9.97 Å². The third kappa shape index (κ3) is 4.28. The number of nitriles is 1. The molecule has 2 atom stereocenters. The van der Waals surface area contributed by atoms with Crippen molar-refractivity contribution < 1.29 is 23.1 Å². The van der Waals surface area contributed by atoms with Crippen LogP contribution in [0.1, 0.15) is 33.6 Å². The quantitative estimate of drug-likeness (QED) is 0.576. The van der Waals surface area contributed by atoms with Crippen molar-refractivity contribution in [3.8, 4) is 17.3 Å². The van der Waals surface area contributed by atoms with Crippen molar-refractivity contribution in [3.05, 3.63) is 56.3 Å². The van der Waals surface area contributed by atoms with E-state index in [1.54, 1.807) is 11.4 Å². The molecular formula is C20H16F3N3O2S2. The summed E-state index contributed by atoms with van der Waals surface area (Å²) in [7, 11) is 0. The van der Waals surface area contributed by atoms with Crippen LogP contribution in [0.5, 0.6) is 0 Å². The number of carbonyl (C=O) groups excluding carboxylic acids is 1. The van der Waals surface area contributed by atoms with Crippen molar-refractivity contribution in [3.63, 3.8) is 0 Å². The molecule has 2 heterocycles. The molecule has 0 spiro atoms. The molecule has 3 aromatic rings. The predicted octanol–water partition coefficient (Wildman–Crippen LogP) is 4.90. The summed E-state index contributed by atoms with van der Waals surface area (Å²) in [5, 5.41) is 22.3. The van der Waals surface area contributed by atoms with E-state index in [1.165, 1.54) is 12.3 Å². The van der Waals surface area contributed by atoms with Gasteiger partial charge in [-0.1, -0.05) is 29.8 Å². The van der Waals surface area contributed by atoms with Crippen molar-refractivity contribution in [2.24, 2.45) is 0 Å².